The highest BCUT2D eigenvalue weighted by Crippen LogP contribution is 2.27. The SMILES string of the molecule is O=C(NC[C@@H](c1ccccc1)N1CCCC1)c1cccc(N2C(=O)CCS2(=O)=O)c1. The number of rotatable bonds is 6. The summed E-state index contributed by atoms with van der Waals surface area (Å²) in [5.41, 5.74) is 1.70. The number of anilines is 1. The van der Waals surface area contributed by atoms with Crippen LogP contribution < -0.4 is 9.62 Å². The number of amides is 2. The maximum Gasteiger partial charge on any atom is 0.251 e. The minimum Gasteiger partial charge on any atom is -0.350 e. The van der Waals surface area contributed by atoms with Crippen LogP contribution in [0.5, 0.6) is 0 Å². The fourth-order valence-corrected chi connectivity index (χ4v) is 5.57. The maximum atomic E-state index is 12.8. The molecule has 2 heterocycles. The van der Waals surface area contributed by atoms with E-state index < -0.39 is 15.9 Å². The smallest absolute Gasteiger partial charge is 0.251 e. The first-order valence-corrected chi connectivity index (χ1v) is 11.8. The minimum atomic E-state index is -3.66. The number of hydrogen-bond acceptors (Lipinski definition) is 5. The molecule has 30 heavy (non-hydrogen) atoms. The number of benzene rings is 2. The summed E-state index contributed by atoms with van der Waals surface area (Å²) in [6.07, 6.45) is 2.27. The molecule has 1 atom stereocenters. The van der Waals surface area contributed by atoms with Crippen LogP contribution in [-0.2, 0) is 14.8 Å². The second kappa shape index (κ2) is 8.57. The average molecular weight is 428 g/mol. The van der Waals surface area contributed by atoms with Gasteiger partial charge in [-0.3, -0.25) is 14.5 Å². The molecule has 2 fully saturated rings. The van der Waals surface area contributed by atoms with Crippen molar-refractivity contribution in [2.45, 2.75) is 25.3 Å². The number of likely N-dealkylation sites (tertiary alicyclic amines) is 1. The molecule has 0 aromatic heterocycles. The summed E-state index contributed by atoms with van der Waals surface area (Å²) in [5.74, 6) is -0.955. The molecule has 0 spiro atoms. The van der Waals surface area contributed by atoms with Crippen molar-refractivity contribution in [1.82, 2.24) is 10.2 Å². The van der Waals surface area contributed by atoms with Gasteiger partial charge in [0.05, 0.1) is 17.5 Å². The number of sulfonamides is 1. The summed E-state index contributed by atoms with van der Waals surface area (Å²) in [6, 6.07) is 16.4. The highest BCUT2D eigenvalue weighted by molar-refractivity contribution is 7.94. The molecule has 2 amide bonds. The maximum absolute atomic E-state index is 12.8. The molecule has 0 aliphatic carbocycles. The van der Waals surface area contributed by atoms with Crippen LogP contribution in [0.2, 0.25) is 0 Å². The lowest BCUT2D eigenvalue weighted by atomic mass is 10.1. The Morgan fingerprint density at radius 1 is 1.03 bits per heavy atom. The fourth-order valence-electron chi connectivity index (χ4n) is 4.12. The molecule has 2 aromatic rings. The predicted molar refractivity (Wildman–Crippen MR) is 115 cm³/mol. The Bertz CT molecular complexity index is 1030. The Labute approximate surface area is 176 Å². The van der Waals surface area contributed by atoms with E-state index in [0.29, 0.717) is 12.1 Å². The molecule has 2 aliphatic heterocycles. The summed E-state index contributed by atoms with van der Waals surface area (Å²) in [7, 11) is -3.66. The van der Waals surface area contributed by atoms with Crippen molar-refractivity contribution in [3.63, 3.8) is 0 Å². The molecule has 2 aromatic carbocycles. The first kappa shape index (κ1) is 20.6. The van der Waals surface area contributed by atoms with Crippen molar-refractivity contribution in [3.8, 4) is 0 Å². The van der Waals surface area contributed by atoms with Gasteiger partial charge in [-0.1, -0.05) is 36.4 Å². The molecule has 2 aliphatic rings. The van der Waals surface area contributed by atoms with Crippen LogP contribution in [0.15, 0.2) is 54.6 Å². The van der Waals surface area contributed by atoms with E-state index in [4.69, 9.17) is 0 Å². The first-order valence-electron chi connectivity index (χ1n) is 10.2. The number of nitrogens with zero attached hydrogens (tertiary/aromatic N) is 2. The number of carbonyl (C=O) groups is 2. The normalized spacial score (nSPS) is 19.7. The Balaban J connectivity index is 1.50. The lowest BCUT2D eigenvalue weighted by Crippen LogP contribution is -2.37. The van der Waals surface area contributed by atoms with Crippen LogP contribution in [-0.4, -0.2) is 50.5 Å². The van der Waals surface area contributed by atoms with Crippen molar-refractivity contribution in [2.75, 3.05) is 29.7 Å². The Hall–Kier alpha value is -2.71. The van der Waals surface area contributed by atoms with E-state index in [2.05, 4.69) is 22.3 Å². The monoisotopic (exact) mass is 427 g/mol. The van der Waals surface area contributed by atoms with Crippen molar-refractivity contribution in [3.05, 3.63) is 65.7 Å². The van der Waals surface area contributed by atoms with Gasteiger partial charge < -0.3 is 5.32 Å². The fraction of sp³-hybridized carbons (Fsp3) is 0.364. The largest absolute Gasteiger partial charge is 0.350 e. The van der Waals surface area contributed by atoms with Gasteiger partial charge in [0.15, 0.2) is 0 Å². The second-order valence-electron chi connectivity index (χ2n) is 7.65. The Morgan fingerprint density at radius 2 is 1.77 bits per heavy atom. The van der Waals surface area contributed by atoms with Gasteiger partial charge in [0, 0.05) is 18.5 Å². The van der Waals surface area contributed by atoms with Crippen LogP contribution in [0, 0.1) is 0 Å². The standard InChI is InChI=1S/C22H25N3O4S/c26-21-11-14-30(28,29)25(21)19-10-6-9-18(15-19)22(27)23-16-20(24-12-4-5-13-24)17-7-2-1-3-8-17/h1-3,6-10,15,20H,4-5,11-14,16H2,(H,23,27)/t20-/m0/s1. The molecule has 0 radical (unpaired) electrons. The third-order valence-electron chi connectivity index (χ3n) is 5.64. The Morgan fingerprint density at radius 3 is 2.43 bits per heavy atom. The van der Waals surface area contributed by atoms with E-state index in [1.807, 2.05) is 18.2 Å². The van der Waals surface area contributed by atoms with Gasteiger partial charge in [0.1, 0.15) is 0 Å². The van der Waals surface area contributed by atoms with Gasteiger partial charge in [-0.25, -0.2) is 12.7 Å². The predicted octanol–water partition coefficient (Wildman–Crippen LogP) is 2.32. The molecular weight excluding hydrogens is 402 g/mol. The van der Waals surface area contributed by atoms with Gasteiger partial charge in [-0.2, -0.15) is 0 Å². The van der Waals surface area contributed by atoms with Gasteiger partial charge in [0.2, 0.25) is 15.9 Å². The quantitative estimate of drug-likeness (QED) is 0.765. The minimum absolute atomic E-state index is 0.0344. The van der Waals surface area contributed by atoms with Crippen LogP contribution in [0.4, 0.5) is 5.69 Å². The lowest BCUT2D eigenvalue weighted by molar-refractivity contribution is -0.116. The summed E-state index contributed by atoms with van der Waals surface area (Å²) >= 11 is 0. The molecule has 7 nitrogen and oxygen atoms in total. The molecule has 4 rings (SSSR count). The highest BCUT2D eigenvalue weighted by Gasteiger charge is 2.36. The van der Waals surface area contributed by atoms with Gasteiger partial charge in [0.25, 0.3) is 5.91 Å². The van der Waals surface area contributed by atoms with E-state index in [1.54, 1.807) is 12.1 Å². The zero-order chi connectivity index (χ0) is 21.1. The molecule has 0 unspecified atom stereocenters. The summed E-state index contributed by atoms with van der Waals surface area (Å²) in [5, 5.41) is 2.99. The van der Waals surface area contributed by atoms with Crippen LogP contribution >= 0.6 is 0 Å². The van der Waals surface area contributed by atoms with Crippen LogP contribution in [0.3, 0.4) is 0 Å². The third kappa shape index (κ3) is 4.24. The van der Waals surface area contributed by atoms with Gasteiger partial charge >= 0.3 is 0 Å². The molecule has 1 N–H and O–H groups in total. The average Bonchev–Trinajstić information content (AvgIpc) is 3.37. The van der Waals surface area contributed by atoms with Crippen molar-refractivity contribution in [2.24, 2.45) is 0 Å². The lowest BCUT2D eigenvalue weighted by Gasteiger charge is -2.28. The highest BCUT2D eigenvalue weighted by atomic mass is 32.2. The van der Waals surface area contributed by atoms with Gasteiger partial charge in [-0.15, -0.1) is 0 Å². The summed E-state index contributed by atoms with van der Waals surface area (Å²) in [6.45, 7) is 2.45. The van der Waals surface area contributed by atoms with Crippen molar-refractivity contribution < 1.29 is 18.0 Å². The third-order valence-corrected chi connectivity index (χ3v) is 7.33. The van der Waals surface area contributed by atoms with Crippen LogP contribution in [0.1, 0.15) is 41.2 Å². The van der Waals surface area contributed by atoms with Crippen LogP contribution in [0.25, 0.3) is 0 Å². The molecule has 158 valence electrons. The van der Waals surface area contributed by atoms with E-state index in [9.17, 15) is 18.0 Å². The van der Waals surface area contributed by atoms with E-state index in [0.717, 1.165) is 35.8 Å². The number of carbonyl (C=O) groups excluding carboxylic acids is 2. The molecule has 0 saturated carbocycles. The second-order valence-corrected chi connectivity index (χ2v) is 9.59. The van der Waals surface area contributed by atoms with Gasteiger partial charge in [-0.05, 0) is 49.7 Å². The molecule has 2 saturated heterocycles. The van der Waals surface area contributed by atoms with E-state index >= 15 is 0 Å². The number of nitrogens with one attached hydrogen (secondary N) is 1. The summed E-state index contributed by atoms with van der Waals surface area (Å²) in [4.78, 5) is 27.2. The zero-order valence-electron chi connectivity index (χ0n) is 16.7. The molecular formula is C22H25N3O4S. The topological polar surface area (TPSA) is 86.8 Å². The molecule has 8 heteroatoms. The van der Waals surface area contributed by atoms with Crippen molar-refractivity contribution in [1.29, 1.82) is 0 Å². The van der Waals surface area contributed by atoms with E-state index in [1.165, 1.54) is 12.1 Å². The van der Waals surface area contributed by atoms with Crippen molar-refractivity contribution >= 4 is 27.5 Å². The first-order chi connectivity index (χ1) is 14.5. The Kier molecular flexibility index (Phi) is 5.87. The summed E-state index contributed by atoms with van der Waals surface area (Å²) < 4.78 is 25.1. The van der Waals surface area contributed by atoms with E-state index in [-0.39, 0.29) is 29.8 Å². The molecule has 0 bridgehead atoms. The zero-order valence-corrected chi connectivity index (χ0v) is 17.5. The number of hydrogen-bond donors (Lipinski definition) is 1.